The van der Waals surface area contributed by atoms with Crippen LogP contribution in [0.1, 0.15) is 19.8 Å². The standard InChI is InChI=1S/C11H14O2/c1-9(12)3-4-10-5-7-11(13-2)8-6-10/h3-5,7H,6,8H2,1-2H3/b4-3+. The Bertz CT molecular complexity index is 282. The largest absolute Gasteiger partial charge is 0.501 e. The predicted molar refractivity (Wildman–Crippen MR) is 52.2 cm³/mol. The average molecular weight is 178 g/mol. The SMILES string of the molecule is COC1=CC=C(/C=C/C(C)=O)CC1. The van der Waals surface area contributed by atoms with Crippen molar-refractivity contribution in [3.63, 3.8) is 0 Å². The van der Waals surface area contributed by atoms with Crippen LogP contribution >= 0.6 is 0 Å². The molecule has 0 saturated carbocycles. The van der Waals surface area contributed by atoms with Crippen molar-refractivity contribution < 1.29 is 9.53 Å². The van der Waals surface area contributed by atoms with Crippen LogP contribution in [0.3, 0.4) is 0 Å². The van der Waals surface area contributed by atoms with E-state index in [1.807, 2.05) is 18.2 Å². The van der Waals surface area contributed by atoms with Crippen LogP contribution in [0.5, 0.6) is 0 Å². The van der Waals surface area contributed by atoms with E-state index < -0.39 is 0 Å². The summed E-state index contributed by atoms with van der Waals surface area (Å²) in [6.07, 6.45) is 9.27. The minimum atomic E-state index is 0.0856. The number of rotatable bonds is 3. The van der Waals surface area contributed by atoms with Crippen molar-refractivity contribution in [2.24, 2.45) is 0 Å². The van der Waals surface area contributed by atoms with E-state index in [0.29, 0.717) is 0 Å². The highest BCUT2D eigenvalue weighted by molar-refractivity contribution is 5.87. The van der Waals surface area contributed by atoms with Crippen molar-refractivity contribution in [2.45, 2.75) is 19.8 Å². The van der Waals surface area contributed by atoms with Crippen molar-refractivity contribution in [3.05, 3.63) is 35.6 Å². The van der Waals surface area contributed by atoms with E-state index in [0.717, 1.165) is 18.6 Å². The van der Waals surface area contributed by atoms with Gasteiger partial charge in [-0.3, -0.25) is 4.79 Å². The van der Waals surface area contributed by atoms with E-state index in [9.17, 15) is 4.79 Å². The fourth-order valence-corrected chi connectivity index (χ4v) is 1.17. The average Bonchev–Trinajstić information content (AvgIpc) is 2.15. The van der Waals surface area contributed by atoms with Gasteiger partial charge in [-0.1, -0.05) is 12.2 Å². The predicted octanol–water partition coefficient (Wildman–Crippen LogP) is 2.38. The molecular formula is C11H14O2. The first-order chi connectivity index (χ1) is 6.22. The molecule has 0 aromatic carbocycles. The summed E-state index contributed by atoms with van der Waals surface area (Å²) in [4.78, 5) is 10.7. The molecule has 13 heavy (non-hydrogen) atoms. The minimum Gasteiger partial charge on any atom is -0.501 e. The lowest BCUT2D eigenvalue weighted by atomic mass is 10.0. The van der Waals surface area contributed by atoms with Crippen LogP contribution in [0.15, 0.2) is 35.6 Å². The summed E-state index contributed by atoms with van der Waals surface area (Å²) in [6.45, 7) is 1.55. The van der Waals surface area contributed by atoms with E-state index in [1.165, 1.54) is 5.57 Å². The van der Waals surface area contributed by atoms with Gasteiger partial charge in [-0.15, -0.1) is 0 Å². The smallest absolute Gasteiger partial charge is 0.152 e. The molecule has 70 valence electrons. The summed E-state index contributed by atoms with van der Waals surface area (Å²) in [7, 11) is 1.68. The summed E-state index contributed by atoms with van der Waals surface area (Å²) in [6, 6.07) is 0. The van der Waals surface area contributed by atoms with Crippen molar-refractivity contribution in [1.29, 1.82) is 0 Å². The molecule has 0 radical (unpaired) electrons. The van der Waals surface area contributed by atoms with Gasteiger partial charge in [0.15, 0.2) is 5.78 Å². The molecule has 0 saturated heterocycles. The molecule has 0 bridgehead atoms. The Morgan fingerprint density at radius 2 is 2.23 bits per heavy atom. The molecule has 0 amide bonds. The first-order valence-corrected chi connectivity index (χ1v) is 4.34. The molecular weight excluding hydrogens is 164 g/mol. The lowest BCUT2D eigenvalue weighted by Crippen LogP contribution is -1.94. The van der Waals surface area contributed by atoms with Crippen LogP contribution in [0.2, 0.25) is 0 Å². The van der Waals surface area contributed by atoms with Crippen LogP contribution in [0.4, 0.5) is 0 Å². The molecule has 0 unspecified atom stereocenters. The molecule has 0 aromatic rings. The quantitative estimate of drug-likeness (QED) is 0.620. The second-order valence-corrected chi connectivity index (χ2v) is 3.02. The van der Waals surface area contributed by atoms with Crippen LogP contribution < -0.4 is 0 Å². The highest BCUT2D eigenvalue weighted by Gasteiger charge is 2.03. The van der Waals surface area contributed by atoms with Crippen LogP contribution in [-0.2, 0) is 9.53 Å². The molecule has 1 aliphatic rings. The van der Waals surface area contributed by atoms with Crippen LogP contribution in [0.25, 0.3) is 0 Å². The number of hydrogen-bond donors (Lipinski definition) is 0. The van der Waals surface area contributed by atoms with Gasteiger partial charge >= 0.3 is 0 Å². The van der Waals surface area contributed by atoms with Gasteiger partial charge in [-0.05, 0) is 31.1 Å². The molecule has 2 nitrogen and oxygen atoms in total. The van der Waals surface area contributed by atoms with Gasteiger partial charge in [0, 0.05) is 6.42 Å². The fourth-order valence-electron chi connectivity index (χ4n) is 1.17. The van der Waals surface area contributed by atoms with Crippen LogP contribution in [0, 0.1) is 0 Å². The molecule has 1 rings (SSSR count). The molecule has 0 spiro atoms. The first-order valence-electron chi connectivity index (χ1n) is 4.34. The van der Waals surface area contributed by atoms with Gasteiger partial charge in [0.25, 0.3) is 0 Å². The summed E-state index contributed by atoms with van der Waals surface area (Å²) in [5.41, 5.74) is 1.18. The summed E-state index contributed by atoms with van der Waals surface area (Å²) >= 11 is 0. The molecule has 1 aliphatic carbocycles. The third-order valence-electron chi connectivity index (χ3n) is 1.94. The molecule has 0 fully saturated rings. The Hall–Kier alpha value is -1.31. The maximum Gasteiger partial charge on any atom is 0.152 e. The van der Waals surface area contributed by atoms with Crippen molar-refractivity contribution >= 4 is 5.78 Å². The van der Waals surface area contributed by atoms with Gasteiger partial charge in [0.05, 0.1) is 12.9 Å². The third kappa shape index (κ3) is 3.28. The topological polar surface area (TPSA) is 26.3 Å². The maximum atomic E-state index is 10.7. The molecule has 0 heterocycles. The van der Waals surface area contributed by atoms with Crippen molar-refractivity contribution in [1.82, 2.24) is 0 Å². The van der Waals surface area contributed by atoms with Crippen molar-refractivity contribution in [2.75, 3.05) is 7.11 Å². The number of carbonyl (C=O) groups excluding carboxylic acids is 1. The number of hydrogen-bond acceptors (Lipinski definition) is 2. The normalized spacial score (nSPS) is 16.8. The number of carbonyl (C=O) groups is 1. The fraction of sp³-hybridized carbons (Fsp3) is 0.364. The highest BCUT2D eigenvalue weighted by Crippen LogP contribution is 2.19. The van der Waals surface area contributed by atoms with Crippen LogP contribution in [-0.4, -0.2) is 12.9 Å². The second kappa shape index (κ2) is 4.65. The summed E-state index contributed by atoms with van der Waals surface area (Å²) in [5, 5.41) is 0. The molecule has 0 aliphatic heterocycles. The zero-order valence-corrected chi connectivity index (χ0v) is 8.04. The monoisotopic (exact) mass is 178 g/mol. The van der Waals surface area contributed by atoms with Gasteiger partial charge in [0.2, 0.25) is 0 Å². The zero-order chi connectivity index (χ0) is 9.68. The maximum absolute atomic E-state index is 10.7. The van der Waals surface area contributed by atoms with E-state index in [-0.39, 0.29) is 5.78 Å². The first kappa shape index (κ1) is 9.78. The minimum absolute atomic E-state index is 0.0856. The van der Waals surface area contributed by atoms with E-state index in [4.69, 9.17) is 4.74 Å². The third-order valence-corrected chi connectivity index (χ3v) is 1.94. The van der Waals surface area contributed by atoms with Gasteiger partial charge in [-0.2, -0.15) is 0 Å². The van der Waals surface area contributed by atoms with Gasteiger partial charge in [-0.25, -0.2) is 0 Å². The molecule has 0 aromatic heterocycles. The van der Waals surface area contributed by atoms with Gasteiger partial charge < -0.3 is 4.74 Å². The Balaban J connectivity index is 2.60. The lowest BCUT2D eigenvalue weighted by Gasteiger charge is -2.10. The highest BCUT2D eigenvalue weighted by atomic mass is 16.5. The molecule has 0 atom stereocenters. The van der Waals surface area contributed by atoms with E-state index >= 15 is 0 Å². The van der Waals surface area contributed by atoms with E-state index in [1.54, 1.807) is 20.1 Å². The summed E-state index contributed by atoms with van der Waals surface area (Å²) in [5.74, 6) is 1.09. The number of allylic oxidation sites excluding steroid dienone is 6. The lowest BCUT2D eigenvalue weighted by molar-refractivity contribution is -0.112. The second-order valence-electron chi connectivity index (χ2n) is 3.02. The van der Waals surface area contributed by atoms with E-state index in [2.05, 4.69) is 0 Å². The summed E-state index contributed by atoms with van der Waals surface area (Å²) < 4.78 is 5.09. The number of ether oxygens (including phenoxy) is 1. The molecule has 2 heteroatoms. The number of methoxy groups -OCH3 is 1. The van der Waals surface area contributed by atoms with Crippen molar-refractivity contribution in [3.8, 4) is 0 Å². The Labute approximate surface area is 78.6 Å². The zero-order valence-electron chi connectivity index (χ0n) is 8.04. The van der Waals surface area contributed by atoms with Gasteiger partial charge in [0.1, 0.15) is 0 Å². The Morgan fingerprint density at radius 1 is 1.46 bits per heavy atom. The Morgan fingerprint density at radius 3 is 2.69 bits per heavy atom. The Kier molecular flexibility index (Phi) is 3.50. The molecule has 0 N–H and O–H groups in total. The number of ketones is 1.